The first kappa shape index (κ1) is 18.8. The van der Waals surface area contributed by atoms with Crippen LogP contribution in [0.1, 0.15) is 29.9 Å². The number of rotatable bonds is 3. The van der Waals surface area contributed by atoms with Gasteiger partial charge in [-0.05, 0) is 35.1 Å². The molecule has 8 heteroatoms. The Hall–Kier alpha value is -3.55. The molecule has 2 aliphatic rings. The van der Waals surface area contributed by atoms with Gasteiger partial charge in [-0.3, -0.25) is 15.1 Å². The first-order chi connectivity index (χ1) is 14.1. The van der Waals surface area contributed by atoms with E-state index in [1.165, 1.54) is 4.90 Å². The maximum Gasteiger partial charge on any atom is 0.423 e. The number of hydrogen-bond donors (Lipinski definition) is 3. The van der Waals surface area contributed by atoms with Crippen LogP contribution in [0.25, 0.3) is 11.1 Å². The Bertz CT molecular complexity index is 915. The minimum Gasteiger partial charge on any atom is -0.464 e. The van der Waals surface area contributed by atoms with Gasteiger partial charge in [0.25, 0.3) is 5.91 Å². The Morgan fingerprint density at radius 3 is 2.24 bits per heavy atom. The number of benzene rings is 2. The molecular formula is C21H21N3O5. The van der Waals surface area contributed by atoms with E-state index in [0.29, 0.717) is 19.4 Å². The molecule has 0 spiro atoms. The number of ether oxygens (including phenoxy) is 1. The zero-order valence-electron chi connectivity index (χ0n) is 15.6. The predicted molar refractivity (Wildman–Crippen MR) is 104 cm³/mol. The maximum absolute atomic E-state index is 12.7. The smallest absolute Gasteiger partial charge is 0.423 e. The number of nitrogens with zero attached hydrogens (tertiary/aromatic N) is 1. The van der Waals surface area contributed by atoms with Crippen molar-refractivity contribution in [2.24, 2.45) is 0 Å². The first-order valence-electron chi connectivity index (χ1n) is 9.46. The predicted octanol–water partition coefficient (Wildman–Crippen LogP) is 2.70. The molecule has 0 aromatic heterocycles. The third-order valence-electron chi connectivity index (χ3n) is 5.42. The van der Waals surface area contributed by atoms with Crippen LogP contribution < -0.4 is 10.9 Å². The van der Waals surface area contributed by atoms with Crippen molar-refractivity contribution in [3.8, 4) is 11.1 Å². The summed E-state index contributed by atoms with van der Waals surface area (Å²) in [5.74, 6) is -0.631. The molecule has 1 aliphatic heterocycles. The maximum atomic E-state index is 12.7. The number of carbonyl (C=O) groups excluding carboxylic acids is 2. The minimum atomic E-state index is -1.37. The van der Waals surface area contributed by atoms with E-state index in [0.717, 1.165) is 22.3 Å². The molecule has 8 nitrogen and oxygen atoms in total. The Labute approximate surface area is 167 Å². The van der Waals surface area contributed by atoms with E-state index >= 15 is 0 Å². The molecule has 1 aliphatic carbocycles. The molecule has 0 radical (unpaired) electrons. The molecule has 1 saturated heterocycles. The van der Waals surface area contributed by atoms with Gasteiger partial charge in [0, 0.05) is 12.5 Å². The molecule has 3 amide bonds. The Morgan fingerprint density at radius 2 is 1.62 bits per heavy atom. The number of amides is 3. The van der Waals surface area contributed by atoms with Crippen molar-refractivity contribution in [3.63, 3.8) is 0 Å². The minimum absolute atomic E-state index is 0.0603. The lowest BCUT2D eigenvalue weighted by atomic mass is 9.98. The summed E-state index contributed by atoms with van der Waals surface area (Å²) in [4.78, 5) is 36.7. The highest BCUT2D eigenvalue weighted by Crippen LogP contribution is 2.44. The third kappa shape index (κ3) is 3.61. The molecule has 2 aromatic rings. The number of likely N-dealkylation sites (tertiary alicyclic amines) is 1. The van der Waals surface area contributed by atoms with Crippen molar-refractivity contribution in [2.75, 3.05) is 13.2 Å². The standard InChI is InChI=1S/C21H21N3O5/c25-19(22-23-20(26)27)18-10-5-11-24(18)21(28)29-12-17-15-8-3-1-6-13(15)14-7-2-4-9-16(14)17/h1-4,6-9,17-18,23H,5,10-12H2,(H,22,25)(H,26,27)/t18-/m0/s1. The van der Waals surface area contributed by atoms with Crippen molar-refractivity contribution in [2.45, 2.75) is 24.8 Å². The molecule has 0 unspecified atom stereocenters. The van der Waals surface area contributed by atoms with E-state index in [-0.39, 0.29) is 12.5 Å². The quantitative estimate of drug-likeness (QED) is 0.693. The average Bonchev–Trinajstić information content (AvgIpc) is 3.34. The van der Waals surface area contributed by atoms with E-state index in [1.54, 1.807) is 0 Å². The molecule has 29 heavy (non-hydrogen) atoms. The van der Waals surface area contributed by atoms with E-state index in [4.69, 9.17) is 9.84 Å². The van der Waals surface area contributed by atoms with Crippen LogP contribution in [0.15, 0.2) is 48.5 Å². The fourth-order valence-corrected chi connectivity index (χ4v) is 4.13. The van der Waals surface area contributed by atoms with Crippen LogP contribution in [-0.2, 0) is 9.53 Å². The topological polar surface area (TPSA) is 108 Å². The molecule has 4 rings (SSSR count). The molecule has 0 saturated carbocycles. The summed E-state index contributed by atoms with van der Waals surface area (Å²) in [6, 6.07) is 15.4. The van der Waals surface area contributed by atoms with E-state index < -0.39 is 24.1 Å². The summed E-state index contributed by atoms with van der Waals surface area (Å²) in [5, 5.41) is 8.61. The molecule has 150 valence electrons. The van der Waals surface area contributed by atoms with Gasteiger partial charge in [-0.1, -0.05) is 48.5 Å². The van der Waals surface area contributed by atoms with Gasteiger partial charge >= 0.3 is 12.2 Å². The number of carbonyl (C=O) groups is 3. The van der Waals surface area contributed by atoms with Crippen molar-refractivity contribution < 1.29 is 24.2 Å². The molecule has 1 atom stereocenters. The van der Waals surface area contributed by atoms with Gasteiger partial charge in [-0.15, -0.1) is 0 Å². The van der Waals surface area contributed by atoms with Gasteiger partial charge < -0.3 is 9.84 Å². The first-order valence-corrected chi connectivity index (χ1v) is 9.46. The lowest BCUT2D eigenvalue weighted by molar-refractivity contribution is -0.126. The third-order valence-corrected chi connectivity index (χ3v) is 5.42. The number of hydrazine groups is 1. The fraction of sp³-hybridized carbons (Fsp3) is 0.286. The lowest BCUT2D eigenvalue weighted by Crippen LogP contribution is -2.51. The zero-order valence-corrected chi connectivity index (χ0v) is 15.6. The van der Waals surface area contributed by atoms with Crippen LogP contribution in [0, 0.1) is 0 Å². The Balaban J connectivity index is 1.44. The van der Waals surface area contributed by atoms with Gasteiger partial charge in [0.05, 0.1) is 0 Å². The monoisotopic (exact) mass is 395 g/mol. The van der Waals surface area contributed by atoms with Crippen molar-refractivity contribution in [1.29, 1.82) is 0 Å². The fourth-order valence-electron chi connectivity index (χ4n) is 4.13. The highest BCUT2D eigenvalue weighted by molar-refractivity contribution is 5.87. The van der Waals surface area contributed by atoms with Crippen molar-refractivity contribution >= 4 is 18.1 Å². The van der Waals surface area contributed by atoms with Crippen LogP contribution in [-0.4, -0.2) is 47.3 Å². The van der Waals surface area contributed by atoms with Crippen molar-refractivity contribution in [1.82, 2.24) is 15.8 Å². The average molecular weight is 395 g/mol. The van der Waals surface area contributed by atoms with Crippen LogP contribution in [0.4, 0.5) is 9.59 Å². The Morgan fingerprint density at radius 1 is 1.00 bits per heavy atom. The van der Waals surface area contributed by atoms with Crippen LogP contribution in [0.3, 0.4) is 0 Å². The summed E-state index contributed by atoms with van der Waals surface area (Å²) in [6.07, 6.45) is -0.837. The van der Waals surface area contributed by atoms with Crippen LogP contribution >= 0.6 is 0 Å². The van der Waals surface area contributed by atoms with Crippen LogP contribution in [0.2, 0.25) is 0 Å². The number of carboxylic acid groups (broad SMARTS) is 1. The molecule has 2 aromatic carbocycles. The molecule has 1 fully saturated rings. The number of hydrogen-bond acceptors (Lipinski definition) is 4. The van der Waals surface area contributed by atoms with E-state index in [2.05, 4.69) is 17.6 Å². The lowest BCUT2D eigenvalue weighted by Gasteiger charge is -2.24. The molecule has 1 heterocycles. The number of fused-ring (bicyclic) bond motifs is 3. The summed E-state index contributed by atoms with van der Waals surface area (Å²) in [6.45, 7) is 0.562. The largest absolute Gasteiger partial charge is 0.464 e. The Kier molecular flexibility index (Phi) is 5.07. The molecular weight excluding hydrogens is 374 g/mol. The van der Waals surface area contributed by atoms with E-state index in [1.807, 2.05) is 41.8 Å². The highest BCUT2D eigenvalue weighted by Gasteiger charge is 2.36. The molecule has 3 N–H and O–H groups in total. The van der Waals surface area contributed by atoms with Crippen LogP contribution in [0.5, 0.6) is 0 Å². The highest BCUT2D eigenvalue weighted by atomic mass is 16.6. The second-order valence-corrected chi connectivity index (χ2v) is 7.07. The van der Waals surface area contributed by atoms with Gasteiger partial charge in [0.2, 0.25) is 0 Å². The zero-order chi connectivity index (χ0) is 20.4. The second kappa shape index (κ2) is 7.83. The van der Waals surface area contributed by atoms with E-state index in [9.17, 15) is 14.4 Å². The van der Waals surface area contributed by atoms with Gasteiger partial charge in [0.1, 0.15) is 12.6 Å². The van der Waals surface area contributed by atoms with Gasteiger partial charge in [-0.25, -0.2) is 15.0 Å². The SMILES string of the molecule is O=C(O)NNC(=O)[C@@H]1CCCN1C(=O)OCC1c2ccccc2-c2ccccc21. The van der Waals surface area contributed by atoms with Gasteiger partial charge in [-0.2, -0.15) is 0 Å². The summed E-state index contributed by atoms with van der Waals surface area (Å²) >= 11 is 0. The summed E-state index contributed by atoms with van der Waals surface area (Å²) < 4.78 is 5.60. The van der Waals surface area contributed by atoms with Gasteiger partial charge in [0.15, 0.2) is 0 Å². The summed E-state index contributed by atoms with van der Waals surface area (Å²) in [5.41, 5.74) is 8.42. The summed E-state index contributed by atoms with van der Waals surface area (Å²) in [7, 11) is 0. The van der Waals surface area contributed by atoms with Crippen molar-refractivity contribution in [3.05, 3.63) is 59.7 Å². The second-order valence-electron chi connectivity index (χ2n) is 7.07. The molecule has 0 bridgehead atoms. The number of nitrogens with one attached hydrogen (secondary N) is 2. The normalized spacial score (nSPS) is 17.4.